The highest BCUT2D eigenvalue weighted by Gasteiger charge is 2.41. The molecule has 0 bridgehead atoms. The first-order valence-corrected chi connectivity index (χ1v) is 8.03. The van der Waals surface area contributed by atoms with E-state index in [-0.39, 0.29) is 0 Å². The van der Waals surface area contributed by atoms with Crippen LogP contribution in [0.5, 0.6) is 0 Å². The lowest BCUT2D eigenvalue weighted by molar-refractivity contribution is 0.00737. The van der Waals surface area contributed by atoms with Crippen molar-refractivity contribution in [3.8, 4) is 0 Å². The lowest BCUT2D eigenvalue weighted by atomic mass is 10.0. The molecule has 0 unspecified atom stereocenters. The normalized spacial score (nSPS) is 30.2. The fraction of sp³-hybridized carbons (Fsp3) is 0.833. The second kappa shape index (κ2) is 7.22. The van der Waals surface area contributed by atoms with Gasteiger partial charge in [0, 0.05) is 26.2 Å². The fourth-order valence-electron chi connectivity index (χ4n) is 1.90. The molecule has 4 heteroatoms. The van der Waals surface area contributed by atoms with Crippen LogP contribution < -0.4 is 0 Å². The van der Waals surface area contributed by atoms with Crippen LogP contribution in [0, 0.1) is 5.92 Å². The summed E-state index contributed by atoms with van der Waals surface area (Å²) in [6.07, 6.45) is 6.42. The smallest absolute Gasteiger partial charge is 0.374 e. The molecule has 1 fully saturated rings. The Hall–Kier alpha value is -0.163. The summed E-state index contributed by atoms with van der Waals surface area (Å²) < 4.78 is 16.7. The molecule has 0 aliphatic carbocycles. The molecule has 0 saturated carbocycles. The zero-order valence-electron chi connectivity index (χ0n) is 10.5. The molecule has 0 aromatic carbocycles. The van der Waals surface area contributed by atoms with Gasteiger partial charge >= 0.3 is 8.80 Å². The summed E-state index contributed by atoms with van der Waals surface area (Å²) in [6, 6.07) is 0. The van der Waals surface area contributed by atoms with E-state index in [4.69, 9.17) is 13.3 Å². The second-order valence-corrected chi connectivity index (χ2v) is 6.95. The van der Waals surface area contributed by atoms with Crippen molar-refractivity contribution in [1.82, 2.24) is 0 Å². The highest BCUT2D eigenvalue weighted by atomic mass is 28.4. The maximum absolute atomic E-state index is 5.71. The molecule has 0 radical (unpaired) electrons. The molecule has 94 valence electrons. The van der Waals surface area contributed by atoms with Crippen LogP contribution in [0.3, 0.4) is 0 Å². The zero-order chi connectivity index (χ0) is 11.9. The van der Waals surface area contributed by atoms with E-state index in [1.165, 1.54) is 32.1 Å². The van der Waals surface area contributed by atoms with Gasteiger partial charge in [-0.3, -0.25) is 0 Å². The third kappa shape index (κ3) is 4.01. The zero-order valence-corrected chi connectivity index (χ0v) is 11.5. The first kappa shape index (κ1) is 13.9. The molecule has 0 atom stereocenters. The van der Waals surface area contributed by atoms with E-state index >= 15 is 0 Å². The maximum atomic E-state index is 5.71. The summed E-state index contributed by atoms with van der Waals surface area (Å²) in [4.78, 5) is 0. The summed E-state index contributed by atoms with van der Waals surface area (Å²) >= 11 is 0. The van der Waals surface area contributed by atoms with Crippen molar-refractivity contribution in [2.75, 3.05) is 20.3 Å². The van der Waals surface area contributed by atoms with Gasteiger partial charge in [0.05, 0.1) is 0 Å². The average molecular weight is 244 g/mol. The molecular formula is C12H24O3Si. The van der Waals surface area contributed by atoms with Gasteiger partial charge in [-0.1, -0.05) is 39.2 Å². The summed E-state index contributed by atoms with van der Waals surface area (Å²) in [5.41, 5.74) is 1.71. The van der Waals surface area contributed by atoms with E-state index in [2.05, 4.69) is 13.5 Å². The van der Waals surface area contributed by atoms with Crippen molar-refractivity contribution >= 4 is 8.80 Å². The molecule has 16 heavy (non-hydrogen) atoms. The number of hydrogen-bond acceptors (Lipinski definition) is 3. The highest BCUT2D eigenvalue weighted by molar-refractivity contribution is 6.66. The minimum absolute atomic E-state index is 0.535. The van der Waals surface area contributed by atoms with Crippen molar-refractivity contribution in [2.24, 2.45) is 5.92 Å². The average Bonchev–Trinajstić information content (AvgIpc) is 2.36. The highest BCUT2D eigenvalue weighted by Crippen LogP contribution is 2.22. The molecule has 0 spiro atoms. The quantitative estimate of drug-likeness (QED) is 0.509. The standard InChI is InChI=1S/C12H24O3Si/c1-4-6-7-8-9-12-10-14-16(5-2,13-3)15-11-12/h5,12H,2,4,6-11H2,1,3H3. The monoisotopic (exact) mass is 244 g/mol. The molecule has 1 saturated heterocycles. The molecule has 1 heterocycles. The molecule has 0 aromatic heterocycles. The molecule has 0 amide bonds. The SMILES string of the molecule is C=C[Si]1(OC)OCC(CCCCCC)CO1. The first-order valence-electron chi connectivity index (χ1n) is 6.23. The molecule has 3 nitrogen and oxygen atoms in total. The Kier molecular flexibility index (Phi) is 6.27. The Labute approximate surface area is 100 Å². The third-order valence-corrected chi connectivity index (χ3v) is 5.25. The van der Waals surface area contributed by atoms with Crippen molar-refractivity contribution < 1.29 is 13.3 Å². The molecule has 0 N–H and O–H groups in total. The topological polar surface area (TPSA) is 27.7 Å². The van der Waals surface area contributed by atoms with Crippen LogP contribution in [-0.4, -0.2) is 29.1 Å². The minimum atomic E-state index is -2.46. The van der Waals surface area contributed by atoms with E-state index in [0.717, 1.165) is 13.2 Å². The van der Waals surface area contributed by atoms with Gasteiger partial charge < -0.3 is 13.3 Å². The van der Waals surface area contributed by atoms with Crippen molar-refractivity contribution in [3.05, 3.63) is 12.3 Å². The molecular weight excluding hydrogens is 220 g/mol. The van der Waals surface area contributed by atoms with Crippen molar-refractivity contribution in [3.63, 3.8) is 0 Å². The van der Waals surface area contributed by atoms with Gasteiger partial charge in [-0.15, -0.1) is 0 Å². The maximum Gasteiger partial charge on any atom is 0.528 e. The van der Waals surface area contributed by atoms with E-state index in [1.807, 2.05) is 0 Å². The summed E-state index contributed by atoms with van der Waals surface area (Å²) in [5.74, 6) is 0.535. The van der Waals surface area contributed by atoms with Gasteiger partial charge in [0.2, 0.25) is 0 Å². The van der Waals surface area contributed by atoms with E-state index < -0.39 is 8.80 Å². The van der Waals surface area contributed by atoms with Crippen LogP contribution >= 0.6 is 0 Å². The lowest BCUT2D eigenvalue weighted by Crippen LogP contribution is -2.49. The molecule has 0 aromatic rings. The van der Waals surface area contributed by atoms with Crippen molar-refractivity contribution in [1.29, 1.82) is 0 Å². The van der Waals surface area contributed by atoms with Gasteiger partial charge in [0.25, 0.3) is 0 Å². The molecule has 1 aliphatic heterocycles. The van der Waals surface area contributed by atoms with Crippen molar-refractivity contribution in [2.45, 2.75) is 39.0 Å². The van der Waals surface area contributed by atoms with Crippen LogP contribution in [0.2, 0.25) is 0 Å². The van der Waals surface area contributed by atoms with Crippen LogP contribution in [0.1, 0.15) is 39.0 Å². The molecule has 1 aliphatic rings. The first-order chi connectivity index (χ1) is 7.76. The Morgan fingerprint density at radius 2 is 2.00 bits per heavy atom. The summed E-state index contributed by atoms with van der Waals surface area (Å²) in [5, 5.41) is 0. The fourth-order valence-corrected chi connectivity index (χ4v) is 3.56. The summed E-state index contributed by atoms with van der Waals surface area (Å²) in [6.45, 7) is 7.48. The van der Waals surface area contributed by atoms with Gasteiger partial charge in [-0.25, -0.2) is 0 Å². The minimum Gasteiger partial charge on any atom is -0.374 e. The molecule has 1 rings (SSSR count). The van der Waals surface area contributed by atoms with Gasteiger partial charge in [0.1, 0.15) is 0 Å². The predicted octanol–water partition coefficient (Wildman–Crippen LogP) is 2.93. The van der Waals surface area contributed by atoms with Crippen LogP contribution in [0.15, 0.2) is 12.3 Å². The Morgan fingerprint density at radius 3 is 2.50 bits per heavy atom. The van der Waals surface area contributed by atoms with E-state index in [0.29, 0.717) is 5.92 Å². The number of hydrogen-bond donors (Lipinski definition) is 0. The van der Waals surface area contributed by atoms with Gasteiger partial charge in [0.15, 0.2) is 0 Å². The van der Waals surface area contributed by atoms with E-state index in [9.17, 15) is 0 Å². The Bertz CT molecular complexity index is 200. The van der Waals surface area contributed by atoms with E-state index in [1.54, 1.807) is 12.8 Å². The number of rotatable bonds is 7. The second-order valence-electron chi connectivity index (χ2n) is 4.35. The third-order valence-electron chi connectivity index (χ3n) is 3.04. The van der Waals surface area contributed by atoms with Gasteiger partial charge in [-0.05, 0) is 12.1 Å². The number of unbranched alkanes of at least 4 members (excludes halogenated alkanes) is 3. The van der Waals surface area contributed by atoms with Gasteiger partial charge in [-0.2, -0.15) is 0 Å². The Balaban J connectivity index is 2.19. The van der Waals surface area contributed by atoms with Crippen LogP contribution in [-0.2, 0) is 13.3 Å². The largest absolute Gasteiger partial charge is 0.528 e. The predicted molar refractivity (Wildman–Crippen MR) is 67.1 cm³/mol. The summed E-state index contributed by atoms with van der Waals surface area (Å²) in [7, 11) is -0.829. The lowest BCUT2D eigenvalue weighted by Gasteiger charge is -2.33. The van der Waals surface area contributed by atoms with Crippen LogP contribution in [0.25, 0.3) is 0 Å². The van der Waals surface area contributed by atoms with Crippen LogP contribution in [0.4, 0.5) is 0 Å². The Morgan fingerprint density at radius 1 is 1.31 bits per heavy atom.